The van der Waals surface area contributed by atoms with Gasteiger partial charge in [-0.25, -0.2) is 9.18 Å². The molecule has 0 spiro atoms. The zero-order valence-corrected chi connectivity index (χ0v) is 31.1. The third-order valence-electron chi connectivity index (χ3n) is 8.64. The van der Waals surface area contributed by atoms with Crippen LogP contribution < -0.4 is 20.7 Å². The van der Waals surface area contributed by atoms with Crippen LogP contribution in [0.5, 0.6) is 5.75 Å². The molecule has 14 heteroatoms. The molecule has 2 aromatic carbocycles. The SMILES string of the molecule is COc1cc(-c2nccc(-c3cccc(NC(=O)c4ccc(CN(CCO)C(=O)OC(C)(C)C)cn4)c3C)c2Cl)cc(F)c1CNC[C@@H]1CCC(=O)N1. The summed E-state index contributed by atoms with van der Waals surface area (Å²) in [5.41, 5.74) is 3.90. The molecule has 2 aromatic heterocycles. The average Bonchev–Trinajstić information content (AvgIpc) is 3.53. The maximum Gasteiger partial charge on any atom is 0.410 e. The number of ether oxygens (including phenoxy) is 2. The zero-order chi connectivity index (χ0) is 38.3. The Morgan fingerprint density at radius 3 is 2.58 bits per heavy atom. The Hall–Kier alpha value is -5.11. The normalized spacial score (nSPS) is 14.1. The number of hydrogen-bond acceptors (Lipinski definition) is 9. The van der Waals surface area contributed by atoms with E-state index in [0.29, 0.717) is 57.4 Å². The number of halogens is 2. The molecule has 0 bridgehead atoms. The number of carbonyl (C=O) groups is 3. The molecule has 4 N–H and O–H groups in total. The van der Waals surface area contributed by atoms with Crippen LogP contribution in [0.4, 0.5) is 14.9 Å². The number of nitrogens with one attached hydrogen (secondary N) is 3. The Balaban J connectivity index is 1.31. The van der Waals surface area contributed by atoms with Crippen LogP contribution >= 0.6 is 11.6 Å². The van der Waals surface area contributed by atoms with Crippen LogP contribution in [0.15, 0.2) is 60.9 Å². The zero-order valence-electron chi connectivity index (χ0n) is 30.4. The Bertz CT molecular complexity index is 1970. The lowest BCUT2D eigenvalue weighted by molar-refractivity contribution is -0.119. The first-order valence-corrected chi connectivity index (χ1v) is 17.6. The third-order valence-corrected chi connectivity index (χ3v) is 9.02. The van der Waals surface area contributed by atoms with Gasteiger partial charge in [-0.3, -0.25) is 19.6 Å². The Labute approximate surface area is 313 Å². The monoisotopic (exact) mass is 746 g/mol. The number of rotatable bonds is 13. The van der Waals surface area contributed by atoms with Gasteiger partial charge in [0.05, 0.1) is 31.0 Å². The van der Waals surface area contributed by atoms with Gasteiger partial charge in [0, 0.05) is 66.9 Å². The highest BCUT2D eigenvalue weighted by atomic mass is 35.5. The molecule has 0 unspecified atom stereocenters. The first-order chi connectivity index (χ1) is 25.3. The van der Waals surface area contributed by atoms with E-state index >= 15 is 4.39 Å². The van der Waals surface area contributed by atoms with Crippen LogP contribution in [0, 0.1) is 12.7 Å². The molecule has 0 aliphatic carbocycles. The van der Waals surface area contributed by atoms with Crippen molar-refractivity contribution >= 4 is 35.2 Å². The molecule has 0 radical (unpaired) electrons. The third kappa shape index (κ3) is 9.86. The predicted molar refractivity (Wildman–Crippen MR) is 200 cm³/mol. The second-order valence-corrected chi connectivity index (χ2v) is 14.1. The van der Waals surface area contributed by atoms with Crippen LogP contribution in [0.3, 0.4) is 0 Å². The van der Waals surface area contributed by atoms with E-state index in [9.17, 15) is 19.5 Å². The molecule has 280 valence electrons. The second-order valence-electron chi connectivity index (χ2n) is 13.7. The quantitative estimate of drug-likeness (QED) is 0.124. The number of amides is 3. The molecular weight excluding hydrogens is 703 g/mol. The number of aliphatic hydroxyl groups is 1. The fourth-order valence-corrected chi connectivity index (χ4v) is 6.28. The molecule has 1 atom stereocenters. The summed E-state index contributed by atoms with van der Waals surface area (Å²) in [6.45, 7) is 7.84. The molecule has 3 amide bonds. The standard InChI is InChI=1S/C39H44ClFN6O6/c1-23-27(7-6-8-31(23)46-37(50)32-11-9-24(19-44-32)22-47(15-16-48)38(51)53-39(2,3)4)28-13-14-43-36(35(28)40)25-17-30(41)29(33(18-25)52-5)21-42-20-26-10-12-34(49)45-26/h6-9,11,13-14,17-19,26,42,48H,10,12,15-16,20-22H2,1-5H3,(H,45,49)(H,46,50)/t26-/m0/s1. The second kappa shape index (κ2) is 17.1. The molecule has 1 aliphatic rings. The van der Waals surface area contributed by atoms with Gasteiger partial charge in [-0.05, 0) is 81.1 Å². The molecule has 1 aliphatic heterocycles. The van der Waals surface area contributed by atoms with E-state index in [4.69, 9.17) is 21.1 Å². The smallest absolute Gasteiger partial charge is 0.410 e. The first kappa shape index (κ1) is 39.1. The topological polar surface area (TPSA) is 155 Å². The Morgan fingerprint density at radius 1 is 1.13 bits per heavy atom. The molecule has 0 saturated carbocycles. The highest BCUT2D eigenvalue weighted by molar-refractivity contribution is 6.35. The van der Waals surface area contributed by atoms with Gasteiger partial charge < -0.3 is 35.4 Å². The van der Waals surface area contributed by atoms with Crippen molar-refractivity contribution in [2.75, 3.05) is 32.1 Å². The molecule has 53 heavy (non-hydrogen) atoms. The van der Waals surface area contributed by atoms with E-state index in [-0.39, 0.29) is 43.9 Å². The van der Waals surface area contributed by atoms with E-state index in [1.807, 2.05) is 13.0 Å². The molecule has 12 nitrogen and oxygen atoms in total. The van der Waals surface area contributed by atoms with Crippen molar-refractivity contribution < 1.29 is 33.4 Å². The molecule has 1 fully saturated rings. The van der Waals surface area contributed by atoms with Gasteiger partial charge >= 0.3 is 6.09 Å². The molecule has 5 rings (SSSR count). The Kier molecular flexibility index (Phi) is 12.7. The van der Waals surface area contributed by atoms with Crippen LogP contribution in [-0.4, -0.2) is 76.3 Å². The number of carbonyl (C=O) groups excluding carboxylic acids is 3. The number of hydrogen-bond donors (Lipinski definition) is 4. The van der Waals surface area contributed by atoms with Crippen molar-refractivity contribution in [1.82, 2.24) is 25.5 Å². The summed E-state index contributed by atoms with van der Waals surface area (Å²) in [5.74, 6) is -0.578. The van der Waals surface area contributed by atoms with Crippen molar-refractivity contribution in [3.8, 4) is 28.1 Å². The Morgan fingerprint density at radius 2 is 1.92 bits per heavy atom. The van der Waals surface area contributed by atoms with Gasteiger partial charge in [0.2, 0.25) is 5.91 Å². The lowest BCUT2D eigenvalue weighted by Crippen LogP contribution is -2.38. The summed E-state index contributed by atoms with van der Waals surface area (Å²) >= 11 is 6.96. The number of methoxy groups -OCH3 is 1. The van der Waals surface area contributed by atoms with Gasteiger partial charge in [0.1, 0.15) is 22.9 Å². The molecule has 3 heterocycles. The van der Waals surface area contributed by atoms with Gasteiger partial charge in [0.15, 0.2) is 0 Å². The number of nitrogens with zero attached hydrogens (tertiary/aromatic N) is 3. The summed E-state index contributed by atoms with van der Waals surface area (Å²) in [6.07, 6.45) is 3.75. The van der Waals surface area contributed by atoms with Crippen LogP contribution in [0.1, 0.15) is 60.8 Å². The highest BCUT2D eigenvalue weighted by Crippen LogP contribution is 2.39. The summed E-state index contributed by atoms with van der Waals surface area (Å²) in [5, 5.41) is 18.8. The number of pyridine rings is 2. The number of anilines is 1. The first-order valence-electron chi connectivity index (χ1n) is 17.2. The minimum atomic E-state index is -0.693. The fraction of sp³-hybridized carbons (Fsp3) is 0.359. The molecule has 1 saturated heterocycles. The van der Waals surface area contributed by atoms with E-state index in [0.717, 1.165) is 17.5 Å². The number of benzene rings is 2. The van der Waals surface area contributed by atoms with Gasteiger partial charge in [0.25, 0.3) is 5.91 Å². The number of aromatic nitrogens is 2. The van der Waals surface area contributed by atoms with Crippen molar-refractivity contribution in [3.05, 3.63) is 94.1 Å². The largest absolute Gasteiger partial charge is 0.496 e. The summed E-state index contributed by atoms with van der Waals surface area (Å²) in [7, 11) is 1.47. The van der Waals surface area contributed by atoms with Crippen LogP contribution in [0.2, 0.25) is 5.02 Å². The predicted octanol–water partition coefficient (Wildman–Crippen LogP) is 6.27. The maximum absolute atomic E-state index is 15.5. The van der Waals surface area contributed by atoms with Crippen molar-refractivity contribution in [2.45, 2.75) is 65.3 Å². The maximum atomic E-state index is 15.5. The number of aliphatic hydroxyl groups excluding tert-OH is 1. The van der Waals surface area contributed by atoms with E-state index in [1.165, 1.54) is 24.3 Å². The van der Waals surface area contributed by atoms with Gasteiger partial charge in [-0.15, -0.1) is 0 Å². The molecular formula is C39H44ClFN6O6. The van der Waals surface area contributed by atoms with Crippen molar-refractivity contribution in [1.29, 1.82) is 0 Å². The van der Waals surface area contributed by atoms with Crippen molar-refractivity contribution in [2.24, 2.45) is 0 Å². The summed E-state index contributed by atoms with van der Waals surface area (Å²) in [6, 6.07) is 13.5. The minimum absolute atomic E-state index is 0.00808. The van der Waals surface area contributed by atoms with Gasteiger partial charge in [-0.1, -0.05) is 29.8 Å². The minimum Gasteiger partial charge on any atom is -0.496 e. The van der Waals surface area contributed by atoms with Crippen LogP contribution in [-0.2, 0) is 22.6 Å². The van der Waals surface area contributed by atoms with Crippen LogP contribution in [0.25, 0.3) is 22.4 Å². The van der Waals surface area contributed by atoms with E-state index < -0.39 is 23.4 Å². The van der Waals surface area contributed by atoms with E-state index in [1.54, 1.807) is 63.4 Å². The molecule has 4 aromatic rings. The highest BCUT2D eigenvalue weighted by Gasteiger charge is 2.24. The summed E-state index contributed by atoms with van der Waals surface area (Å²) in [4.78, 5) is 47.5. The van der Waals surface area contributed by atoms with Gasteiger partial charge in [-0.2, -0.15) is 0 Å². The fourth-order valence-electron chi connectivity index (χ4n) is 5.96. The lowest BCUT2D eigenvalue weighted by Gasteiger charge is -2.27. The van der Waals surface area contributed by atoms with Crippen molar-refractivity contribution in [3.63, 3.8) is 0 Å². The average molecular weight is 747 g/mol. The van der Waals surface area contributed by atoms with E-state index in [2.05, 4.69) is 25.9 Å². The summed E-state index contributed by atoms with van der Waals surface area (Å²) < 4.78 is 26.5. The lowest BCUT2D eigenvalue weighted by atomic mass is 9.97.